The second kappa shape index (κ2) is 8.95. The topological polar surface area (TPSA) is 94.5 Å². The number of halogens is 1. The van der Waals surface area contributed by atoms with Crippen LogP contribution in [0.1, 0.15) is 11.3 Å². The molecule has 0 aliphatic carbocycles. The van der Waals surface area contributed by atoms with Gasteiger partial charge in [0.2, 0.25) is 15.7 Å². The van der Waals surface area contributed by atoms with E-state index in [4.69, 9.17) is 16.3 Å². The lowest BCUT2D eigenvalue weighted by Gasteiger charge is -2.16. The number of nitrogens with one attached hydrogen (secondary N) is 1. The molecule has 7 nitrogen and oxygen atoms in total. The van der Waals surface area contributed by atoms with Gasteiger partial charge >= 0.3 is 0 Å². The van der Waals surface area contributed by atoms with Crippen LogP contribution in [0.25, 0.3) is 0 Å². The molecular weight excluding hydrogens is 440 g/mol. The maximum Gasteiger partial charge on any atom is 0.270 e. The van der Waals surface area contributed by atoms with E-state index in [2.05, 4.69) is 5.32 Å². The van der Waals surface area contributed by atoms with Crippen LogP contribution < -0.4 is 15.6 Å². The van der Waals surface area contributed by atoms with Crippen molar-refractivity contribution in [2.45, 2.75) is 30.2 Å². The molecule has 31 heavy (non-hydrogen) atoms. The largest absolute Gasteiger partial charge is 0.495 e. The first-order valence-electron chi connectivity index (χ1n) is 9.29. The van der Waals surface area contributed by atoms with Crippen LogP contribution in [0.4, 0.5) is 5.69 Å². The van der Waals surface area contributed by atoms with Gasteiger partial charge in [-0.3, -0.25) is 9.59 Å². The van der Waals surface area contributed by atoms with Gasteiger partial charge in [-0.2, -0.15) is 0 Å². The summed E-state index contributed by atoms with van der Waals surface area (Å²) >= 11 is 5.99. The maximum atomic E-state index is 13.2. The van der Waals surface area contributed by atoms with Crippen molar-refractivity contribution < 1.29 is 17.9 Å². The molecule has 0 saturated heterocycles. The molecule has 0 fully saturated rings. The van der Waals surface area contributed by atoms with Crippen molar-refractivity contribution in [1.82, 2.24) is 4.57 Å². The van der Waals surface area contributed by atoms with E-state index >= 15 is 0 Å². The monoisotopic (exact) mass is 460 g/mol. The molecule has 9 heteroatoms. The van der Waals surface area contributed by atoms with Crippen molar-refractivity contribution in [1.29, 1.82) is 0 Å². The highest BCUT2D eigenvalue weighted by atomic mass is 35.5. The van der Waals surface area contributed by atoms with Crippen LogP contribution in [-0.4, -0.2) is 26.0 Å². The molecule has 0 bridgehead atoms. The zero-order valence-corrected chi connectivity index (χ0v) is 18.8. The first-order valence-corrected chi connectivity index (χ1v) is 11.2. The molecule has 3 rings (SSSR count). The Morgan fingerprint density at radius 2 is 1.77 bits per heavy atom. The van der Waals surface area contributed by atoms with Crippen molar-refractivity contribution in [3.8, 4) is 5.75 Å². The number of sulfone groups is 1. The number of aromatic nitrogens is 1. The number of hydrogen-bond acceptors (Lipinski definition) is 5. The number of ether oxygens (including phenoxy) is 1. The Bertz CT molecular complexity index is 1300. The van der Waals surface area contributed by atoms with Crippen LogP contribution >= 0.6 is 11.6 Å². The fourth-order valence-electron chi connectivity index (χ4n) is 3.26. The zero-order chi connectivity index (χ0) is 22.8. The van der Waals surface area contributed by atoms with Gasteiger partial charge in [0.15, 0.2) is 0 Å². The molecule has 2 aromatic carbocycles. The zero-order valence-electron chi connectivity index (χ0n) is 17.2. The lowest BCUT2D eigenvalue weighted by atomic mass is 10.2. The number of hydrogen-bond donors (Lipinski definition) is 1. The van der Waals surface area contributed by atoms with Crippen molar-refractivity contribution in [3.63, 3.8) is 0 Å². The number of carbonyl (C=O) groups is 1. The second-order valence-electron chi connectivity index (χ2n) is 6.90. The number of anilines is 1. The molecule has 0 atom stereocenters. The average molecular weight is 461 g/mol. The third kappa shape index (κ3) is 4.65. The first-order chi connectivity index (χ1) is 14.6. The number of rotatable bonds is 6. The van der Waals surface area contributed by atoms with E-state index in [-0.39, 0.29) is 16.3 Å². The van der Waals surface area contributed by atoms with Gasteiger partial charge in [-0.05, 0) is 55.8 Å². The Balaban J connectivity index is 2.00. The summed E-state index contributed by atoms with van der Waals surface area (Å²) in [6.07, 6.45) is 0. The summed E-state index contributed by atoms with van der Waals surface area (Å²) in [5, 5.41) is 3.05. The number of nitrogens with zero attached hydrogens (tertiary/aromatic N) is 1. The maximum absolute atomic E-state index is 13.2. The first kappa shape index (κ1) is 22.6. The Hall–Kier alpha value is -3.10. The number of pyridine rings is 1. The lowest BCUT2D eigenvalue weighted by Crippen LogP contribution is -2.33. The molecule has 0 spiro atoms. The average Bonchev–Trinajstić information content (AvgIpc) is 2.71. The predicted octanol–water partition coefficient (Wildman–Crippen LogP) is 3.60. The SMILES string of the molecule is COc1ccc(Cl)cc1NC(=O)Cn1c(C)cc(C)c(S(=O)(=O)c2ccccc2)c1=O. The fraction of sp³-hybridized carbons (Fsp3) is 0.182. The lowest BCUT2D eigenvalue weighted by molar-refractivity contribution is -0.116. The fourth-order valence-corrected chi connectivity index (χ4v) is 5.01. The van der Waals surface area contributed by atoms with Crippen LogP contribution in [0.2, 0.25) is 5.02 Å². The molecule has 0 radical (unpaired) electrons. The summed E-state index contributed by atoms with van der Waals surface area (Å²) in [6.45, 7) is 2.82. The van der Waals surface area contributed by atoms with Crippen LogP contribution in [0, 0.1) is 13.8 Å². The van der Waals surface area contributed by atoms with E-state index in [1.807, 2.05) is 0 Å². The van der Waals surface area contributed by atoms with E-state index < -0.39 is 21.3 Å². The van der Waals surface area contributed by atoms with Crippen LogP contribution in [0.15, 0.2) is 69.2 Å². The van der Waals surface area contributed by atoms with Gasteiger partial charge in [0.25, 0.3) is 5.56 Å². The quantitative estimate of drug-likeness (QED) is 0.606. The normalized spacial score (nSPS) is 11.2. The predicted molar refractivity (Wildman–Crippen MR) is 119 cm³/mol. The van der Waals surface area contributed by atoms with Crippen LogP contribution in [0.3, 0.4) is 0 Å². The molecule has 1 heterocycles. The van der Waals surface area contributed by atoms with E-state index in [0.717, 1.165) is 4.57 Å². The summed E-state index contributed by atoms with van der Waals surface area (Å²) in [7, 11) is -2.60. The summed E-state index contributed by atoms with van der Waals surface area (Å²) in [5.74, 6) is -0.129. The van der Waals surface area contributed by atoms with E-state index in [9.17, 15) is 18.0 Å². The van der Waals surface area contributed by atoms with E-state index in [1.165, 1.54) is 25.3 Å². The van der Waals surface area contributed by atoms with Gasteiger partial charge in [0, 0.05) is 10.7 Å². The Morgan fingerprint density at radius 1 is 1.10 bits per heavy atom. The van der Waals surface area contributed by atoms with Gasteiger partial charge in [-0.15, -0.1) is 0 Å². The van der Waals surface area contributed by atoms with Crippen molar-refractivity contribution in [3.05, 3.63) is 81.2 Å². The molecule has 162 valence electrons. The second-order valence-corrected chi connectivity index (χ2v) is 9.22. The molecule has 1 amide bonds. The third-order valence-electron chi connectivity index (χ3n) is 4.71. The van der Waals surface area contributed by atoms with Gasteiger partial charge in [0.05, 0.1) is 17.7 Å². The molecule has 1 aromatic heterocycles. The number of carbonyl (C=O) groups excluding carboxylic acids is 1. The van der Waals surface area contributed by atoms with Crippen LogP contribution in [-0.2, 0) is 21.2 Å². The third-order valence-corrected chi connectivity index (χ3v) is 6.87. The summed E-state index contributed by atoms with van der Waals surface area (Å²) in [4.78, 5) is 25.5. The minimum atomic E-state index is -4.05. The van der Waals surface area contributed by atoms with Crippen molar-refractivity contribution in [2.24, 2.45) is 0 Å². The Labute approximate surface area is 185 Å². The molecule has 3 aromatic rings. The summed E-state index contributed by atoms with van der Waals surface area (Å²) in [6, 6.07) is 14.0. The number of amides is 1. The van der Waals surface area contributed by atoms with E-state index in [1.54, 1.807) is 50.2 Å². The molecule has 0 saturated carbocycles. The Morgan fingerprint density at radius 3 is 2.42 bits per heavy atom. The van der Waals surface area contributed by atoms with Crippen molar-refractivity contribution in [2.75, 3.05) is 12.4 Å². The molecule has 0 unspecified atom stereocenters. The molecule has 0 aliphatic heterocycles. The van der Waals surface area contributed by atoms with Gasteiger partial charge in [-0.1, -0.05) is 29.8 Å². The van der Waals surface area contributed by atoms with Crippen LogP contribution in [0.5, 0.6) is 5.75 Å². The molecule has 0 aliphatic rings. The summed E-state index contributed by atoms with van der Waals surface area (Å²) < 4.78 is 32.5. The highest BCUT2D eigenvalue weighted by Gasteiger charge is 2.26. The Kier molecular flexibility index (Phi) is 6.52. The minimum absolute atomic E-state index is 0.0127. The highest BCUT2D eigenvalue weighted by Crippen LogP contribution is 2.27. The molecular formula is C22H21ClN2O5S. The minimum Gasteiger partial charge on any atom is -0.495 e. The number of benzene rings is 2. The van der Waals surface area contributed by atoms with Gasteiger partial charge < -0.3 is 14.6 Å². The standard InChI is InChI=1S/C22H21ClN2O5S/c1-14-11-15(2)25(13-20(26)24-18-12-16(23)9-10-19(18)30-3)22(27)21(14)31(28,29)17-7-5-4-6-8-17/h4-12H,13H2,1-3H3,(H,24,26). The highest BCUT2D eigenvalue weighted by molar-refractivity contribution is 7.91. The van der Waals surface area contributed by atoms with Gasteiger partial charge in [0.1, 0.15) is 17.2 Å². The smallest absolute Gasteiger partial charge is 0.270 e. The van der Waals surface area contributed by atoms with Gasteiger partial charge in [-0.25, -0.2) is 8.42 Å². The summed E-state index contributed by atoms with van der Waals surface area (Å²) in [5.41, 5.74) is 0.367. The van der Waals surface area contributed by atoms with E-state index in [0.29, 0.717) is 27.7 Å². The number of aryl methyl sites for hydroxylation is 2. The van der Waals surface area contributed by atoms with Crippen molar-refractivity contribution >= 4 is 33.0 Å². The number of methoxy groups -OCH3 is 1. The molecule has 1 N–H and O–H groups in total.